The van der Waals surface area contributed by atoms with Gasteiger partial charge >= 0.3 is 0 Å². The molecule has 2 fully saturated rings. The Balaban J connectivity index is 1.62. The molecule has 2 heterocycles. The number of carbonyl (C=O) groups is 1. The Kier molecular flexibility index (Phi) is 4.27. The maximum absolute atomic E-state index is 12.6. The van der Waals surface area contributed by atoms with Crippen molar-refractivity contribution in [3.05, 3.63) is 30.3 Å². The van der Waals surface area contributed by atoms with Gasteiger partial charge in [0.2, 0.25) is 0 Å². The van der Waals surface area contributed by atoms with Crippen molar-refractivity contribution < 1.29 is 9.90 Å². The molecule has 0 amide bonds. The number of aliphatic hydroxyl groups is 1. The molecule has 4 nitrogen and oxygen atoms in total. The van der Waals surface area contributed by atoms with Crippen molar-refractivity contribution in [2.45, 2.75) is 31.3 Å². The van der Waals surface area contributed by atoms with Crippen LogP contribution in [0.2, 0.25) is 0 Å². The molecule has 4 heteroatoms. The Morgan fingerprint density at radius 1 is 1.24 bits per heavy atom. The zero-order chi connectivity index (χ0) is 14.7. The van der Waals surface area contributed by atoms with Crippen molar-refractivity contribution >= 4 is 11.5 Å². The number of para-hydroxylation sites is 1. The monoisotopic (exact) mass is 288 g/mol. The summed E-state index contributed by atoms with van der Waals surface area (Å²) in [5.41, 5.74) is 0.0564. The van der Waals surface area contributed by atoms with Crippen LogP contribution in [0.15, 0.2) is 30.3 Å². The number of ketones is 1. The van der Waals surface area contributed by atoms with Crippen LogP contribution in [0.1, 0.15) is 25.7 Å². The van der Waals surface area contributed by atoms with Crippen LogP contribution in [0.4, 0.5) is 5.69 Å². The van der Waals surface area contributed by atoms with E-state index in [1.54, 1.807) is 0 Å². The zero-order valence-corrected chi connectivity index (χ0v) is 12.4. The molecule has 21 heavy (non-hydrogen) atoms. The van der Waals surface area contributed by atoms with Crippen molar-refractivity contribution in [1.82, 2.24) is 5.32 Å². The molecule has 2 aliphatic rings. The Morgan fingerprint density at radius 3 is 2.57 bits per heavy atom. The number of nitrogens with zero attached hydrogens (tertiary/aromatic N) is 1. The average molecular weight is 288 g/mol. The number of hydrogen-bond donors (Lipinski definition) is 2. The van der Waals surface area contributed by atoms with E-state index < -0.39 is 5.60 Å². The third-order valence-corrected chi connectivity index (χ3v) is 4.84. The largest absolute Gasteiger partial charge is 0.382 e. The summed E-state index contributed by atoms with van der Waals surface area (Å²) in [7, 11) is 0. The highest BCUT2D eigenvalue weighted by atomic mass is 16.3. The summed E-state index contributed by atoms with van der Waals surface area (Å²) < 4.78 is 0. The van der Waals surface area contributed by atoms with Crippen LogP contribution in [0.5, 0.6) is 0 Å². The fraction of sp³-hybridized carbons (Fsp3) is 0.588. The van der Waals surface area contributed by atoms with Gasteiger partial charge in [-0.3, -0.25) is 4.79 Å². The highest BCUT2D eigenvalue weighted by Gasteiger charge is 2.42. The van der Waals surface area contributed by atoms with Gasteiger partial charge in [0.25, 0.3) is 0 Å². The molecule has 0 aromatic heterocycles. The van der Waals surface area contributed by atoms with Crippen LogP contribution in [0.3, 0.4) is 0 Å². The van der Waals surface area contributed by atoms with Gasteiger partial charge in [0.15, 0.2) is 5.78 Å². The molecular weight excluding hydrogens is 264 g/mol. The van der Waals surface area contributed by atoms with Crippen LogP contribution >= 0.6 is 0 Å². The van der Waals surface area contributed by atoms with Gasteiger partial charge in [-0.05, 0) is 31.5 Å². The number of rotatable bonds is 3. The molecule has 1 aromatic rings. The molecule has 2 aliphatic heterocycles. The minimum atomic E-state index is -1.12. The Bertz CT molecular complexity index is 475. The van der Waals surface area contributed by atoms with Crippen LogP contribution in [-0.2, 0) is 4.79 Å². The number of nitrogens with one attached hydrogen (secondary N) is 1. The predicted molar refractivity (Wildman–Crippen MR) is 83.4 cm³/mol. The fourth-order valence-electron chi connectivity index (χ4n) is 3.48. The topological polar surface area (TPSA) is 52.6 Å². The van der Waals surface area contributed by atoms with E-state index in [0.717, 1.165) is 39.0 Å². The minimum Gasteiger partial charge on any atom is -0.382 e. The van der Waals surface area contributed by atoms with E-state index in [2.05, 4.69) is 22.3 Å². The molecule has 3 rings (SSSR count). The maximum Gasteiger partial charge on any atom is 0.168 e. The van der Waals surface area contributed by atoms with E-state index in [4.69, 9.17) is 0 Å². The molecule has 0 radical (unpaired) electrons. The first kappa shape index (κ1) is 14.5. The molecule has 114 valence electrons. The highest BCUT2D eigenvalue weighted by Crippen LogP contribution is 2.30. The number of carbonyl (C=O) groups excluding carboxylic acids is 1. The molecule has 0 bridgehead atoms. The molecule has 1 unspecified atom stereocenters. The molecular formula is C17H24N2O2. The maximum atomic E-state index is 12.6. The lowest BCUT2D eigenvalue weighted by Gasteiger charge is -2.40. The fourth-order valence-corrected chi connectivity index (χ4v) is 3.48. The summed E-state index contributed by atoms with van der Waals surface area (Å²) in [5.74, 6) is 0.0504. The molecule has 2 saturated heterocycles. The third-order valence-electron chi connectivity index (χ3n) is 4.84. The first-order chi connectivity index (χ1) is 10.2. The second-order valence-electron chi connectivity index (χ2n) is 6.26. The van der Waals surface area contributed by atoms with Crippen molar-refractivity contribution in [2.75, 3.05) is 31.1 Å². The Hall–Kier alpha value is -1.39. The van der Waals surface area contributed by atoms with Gasteiger partial charge in [-0.2, -0.15) is 0 Å². The van der Waals surface area contributed by atoms with E-state index in [-0.39, 0.29) is 11.7 Å². The first-order valence-electron chi connectivity index (χ1n) is 7.96. The summed E-state index contributed by atoms with van der Waals surface area (Å²) in [6.45, 7) is 3.20. The zero-order valence-electron chi connectivity index (χ0n) is 12.4. The molecule has 1 atom stereocenters. The van der Waals surface area contributed by atoms with Crippen molar-refractivity contribution in [1.29, 1.82) is 0 Å². The summed E-state index contributed by atoms with van der Waals surface area (Å²) in [6, 6.07) is 10.2. The van der Waals surface area contributed by atoms with Crippen molar-refractivity contribution in [2.24, 2.45) is 5.92 Å². The number of benzene rings is 1. The number of piperidine rings is 2. The number of anilines is 1. The molecule has 0 spiro atoms. The van der Waals surface area contributed by atoms with Crippen LogP contribution in [0.25, 0.3) is 0 Å². The third kappa shape index (κ3) is 3.11. The molecule has 2 N–H and O–H groups in total. The van der Waals surface area contributed by atoms with E-state index in [9.17, 15) is 9.90 Å². The van der Waals surface area contributed by atoms with Gasteiger partial charge < -0.3 is 15.3 Å². The lowest BCUT2D eigenvalue weighted by molar-refractivity contribution is -0.144. The van der Waals surface area contributed by atoms with Crippen LogP contribution < -0.4 is 10.2 Å². The summed E-state index contributed by atoms with van der Waals surface area (Å²) >= 11 is 0. The van der Waals surface area contributed by atoms with Gasteiger partial charge in [-0.1, -0.05) is 18.2 Å². The SMILES string of the molecule is O=C(C1CCCNC1)C1(O)CCN(c2ccccc2)CC1. The number of hydrogen-bond acceptors (Lipinski definition) is 4. The summed E-state index contributed by atoms with van der Waals surface area (Å²) in [4.78, 5) is 14.9. The lowest BCUT2D eigenvalue weighted by Crippen LogP contribution is -2.53. The highest BCUT2D eigenvalue weighted by molar-refractivity contribution is 5.89. The lowest BCUT2D eigenvalue weighted by atomic mass is 9.79. The predicted octanol–water partition coefficient (Wildman–Crippen LogP) is 1.59. The van der Waals surface area contributed by atoms with Crippen molar-refractivity contribution in [3.8, 4) is 0 Å². The second-order valence-corrected chi connectivity index (χ2v) is 6.26. The smallest absolute Gasteiger partial charge is 0.168 e. The van der Waals surface area contributed by atoms with Gasteiger partial charge in [0, 0.05) is 44.1 Å². The van der Waals surface area contributed by atoms with Gasteiger partial charge in [0.05, 0.1) is 0 Å². The van der Waals surface area contributed by atoms with Gasteiger partial charge in [0.1, 0.15) is 5.60 Å². The van der Waals surface area contributed by atoms with Gasteiger partial charge in [-0.15, -0.1) is 0 Å². The van der Waals surface area contributed by atoms with Crippen LogP contribution in [-0.4, -0.2) is 42.7 Å². The van der Waals surface area contributed by atoms with Crippen LogP contribution in [0, 0.1) is 5.92 Å². The Morgan fingerprint density at radius 2 is 1.95 bits per heavy atom. The first-order valence-corrected chi connectivity index (χ1v) is 7.96. The average Bonchev–Trinajstić information content (AvgIpc) is 2.56. The van der Waals surface area contributed by atoms with Crippen molar-refractivity contribution in [3.63, 3.8) is 0 Å². The minimum absolute atomic E-state index is 0.00738. The summed E-state index contributed by atoms with van der Waals surface area (Å²) in [5, 5.41) is 14.0. The normalized spacial score (nSPS) is 25.6. The van der Waals surface area contributed by atoms with E-state index in [0.29, 0.717) is 12.8 Å². The quantitative estimate of drug-likeness (QED) is 0.887. The number of Topliss-reactive ketones (excluding diaryl/α,β-unsaturated/α-hetero) is 1. The second kappa shape index (κ2) is 6.16. The Labute approximate surface area is 126 Å². The molecule has 1 aromatic carbocycles. The summed E-state index contributed by atoms with van der Waals surface area (Å²) in [6.07, 6.45) is 3.02. The molecule has 0 saturated carbocycles. The van der Waals surface area contributed by atoms with Gasteiger partial charge in [-0.25, -0.2) is 0 Å². The van der Waals surface area contributed by atoms with E-state index >= 15 is 0 Å². The molecule has 0 aliphatic carbocycles. The van der Waals surface area contributed by atoms with E-state index in [1.807, 2.05) is 18.2 Å². The standard InChI is InChI=1S/C17H24N2O2/c20-16(14-5-4-10-18-13-14)17(21)8-11-19(12-9-17)15-6-2-1-3-7-15/h1-3,6-7,14,18,21H,4-5,8-13H2. The van der Waals surface area contributed by atoms with E-state index in [1.165, 1.54) is 5.69 Å².